The second-order valence-electron chi connectivity index (χ2n) is 6.71. The second-order valence-corrected chi connectivity index (χ2v) is 7.65. The minimum Gasteiger partial charge on any atom is -0.319 e. The van der Waals surface area contributed by atoms with Crippen LogP contribution in [0.5, 0.6) is 0 Å². The van der Waals surface area contributed by atoms with Crippen LogP contribution >= 0.6 is 11.8 Å². The molecule has 146 valence electrons. The van der Waals surface area contributed by atoms with E-state index in [0.717, 1.165) is 39.4 Å². The van der Waals surface area contributed by atoms with Gasteiger partial charge in [0.15, 0.2) is 5.16 Å². The molecule has 0 spiro atoms. The summed E-state index contributed by atoms with van der Waals surface area (Å²) in [5.74, 6) is 0.113. The number of nitrogens with one attached hydrogen (secondary N) is 1. The Balaban J connectivity index is 1.41. The number of hydrazone groups is 1. The van der Waals surface area contributed by atoms with Gasteiger partial charge in [-0.3, -0.25) is 4.79 Å². The molecule has 29 heavy (non-hydrogen) atoms. The van der Waals surface area contributed by atoms with Gasteiger partial charge in [-0.05, 0) is 48.4 Å². The number of para-hydroxylation sites is 2. The highest BCUT2D eigenvalue weighted by molar-refractivity contribution is 7.99. The van der Waals surface area contributed by atoms with E-state index in [9.17, 15) is 4.79 Å². The predicted molar refractivity (Wildman–Crippen MR) is 120 cm³/mol. The Hall–Kier alpha value is -3.12. The maximum Gasteiger partial charge on any atom is 0.250 e. The summed E-state index contributed by atoms with van der Waals surface area (Å²) in [5.41, 5.74) is 6.46. The van der Waals surface area contributed by atoms with Crippen molar-refractivity contribution in [1.29, 1.82) is 0 Å². The van der Waals surface area contributed by atoms with Gasteiger partial charge in [-0.1, -0.05) is 60.3 Å². The molecule has 1 heterocycles. The highest BCUT2D eigenvalue weighted by atomic mass is 32.2. The summed E-state index contributed by atoms with van der Waals surface area (Å²) in [6.45, 7) is 4.78. The van der Waals surface area contributed by atoms with E-state index < -0.39 is 0 Å². The van der Waals surface area contributed by atoms with E-state index in [4.69, 9.17) is 0 Å². The molecule has 0 saturated carbocycles. The molecule has 0 fully saturated rings. The molecule has 6 heteroatoms. The van der Waals surface area contributed by atoms with Crippen molar-refractivity contribution < 1.29 is 4.79 Å². The summed E-state index contributed by atoms with van der Waals surface area (Å²) in [6, 6.07) is 22.4. The number of thioether (sulfide) groups is 1. The molecule has 0 unspecified atom stereocenters. The third-order valence-corrected chi connectivity index (χ3v) is 5.76. The Labute approximate surface area is 173 Å². The van der Waals surface area contributed by atoms with Crippen LogP contribution in [0.1, 0.15) is 19.4 Å². The first-order chi connectivity index (χ1) is 14.2. The first-order valence-corrected chi connectivity index (χ1v) is 10.5. The van der Waals surface area contributed by atoms with Gasteiger partial charge in [0.2, 0.25) is 0 Å². The maximum atomic E-state index is 12.3. The normalized spacial score (nSPS) is 11.9. The predicted octanol–water partition coefficient (Wildman–Crippen LogP) is 4.84. The lowest BCUT2D eigenvalue weighted by molar-refractivity contribution is -0.118. The van der Waals surface area contributed by atoms with Gasteiger partial charge in [-0.2, -0.15) is 5.10 Å². The van der Waals surface area contributed by atoms with Crippen LogP contribution in [0.25, 0.3) is 21.8 Å². The number of amides is 1. The third kappa shape index (κ3) is 4.17. The molecule has 4 aromatic rings. The molecule has 4 rings (SSSR count). The molecule has 0 atom stereocenters. The van der Waals surface area contributed by atoms with Gasteiger partial charge in [0.05, 0.1) is 22.5 Å². The highest BCUT2D eigenvalue weighted by Crippen LogP contribution is 2.23. The van der Waals surface area contributed by atoms with Crippen molar-refractivity contribution in [2.75, 3.05) is 5.75 Å². The Morgan fingerprint density at radius 3 is 2.66 bits per heavy atom. The number of aryl methyl sites for hydroxylation is 1. The van der Waals surface area contributed by atoms with E-state index in [-0.39, 0.29) is 11.7 Å². The summed E-state index contributed by atoms with van der Waals surface area (Å²) in [6.07, 6.45) is 0. The molecule has 0 aliphatic heterocycles. The molecule has 5 nitrogen and oxygen atoms in total. The van der Waals surface area contributed by atoms with Crippen molar-refractivity contribution in [3.05, 3.63) is 72.3 Å². The summed E-state index contributed by atoms with van der Waals surface area (Å²) < 4.78 is 2.12. The summed E-state index contributed by atoms with van der Waals surface area (Å²) in [7, 11) is 0. The fraction of sp³-hybridized carbons (Fsp3) is 0.174. The molecule has 0 saturated heterocycles. The van der Waals surface area contributed by atoms with Crippen molar-refractivity contribution in [3.63, 3.8) is 0 Å². The van der Waals surface area contributed by atoms with E-state index in [1.165, 1.54) is 17.1 Å². The number of carbonyl (C=O) groups excluding carboxylic acids is 1. The molecule has 3 aromatic carbocycles. The zero-order chi connectivity index (χ0) is 20.2. The van der Waals surface area contributed by atoms with Crippen LogP contribution in [0, 0.1) is 0 Å². The van der Waals surface area contributed by atoms with Crippen molar-refractivity contribution in [2.24, 2.45) is 5.10 Å². The first kappa shape index (κ1) is 19.2. The average Bonchev–Trinajstić information content (AvgIpc) is 3.13. The molecule has 0 radical (unpaired) electrons. The fourth-order valence-electron chi connectivity index (χ4n) is 3.26. The van der Waals surface area contributed by atoms with Crippen LogP contribution in [0.15, 0.2) is 77.0 Å². The molecular formula is C23H22N4OS. The average molecular weight is 403 g/mol. The number of fused-ring (bicyclic) bond motifs is 2. The van der Waals surface area contributed by atoms with E-state index in [2.05, 4.69) is 51.3 Å². The van der Waals surface area contributed by atoms with Gasteiger partial charge < -0.3 is 4.57 Å². The van der Waals surface area contributed by atoms with Crippen LogP contribution in [0.3, 0.4) is 0 Å². The van der Waals surface area contributed by atoms with Gasteiger partial charge >= 0.3 is 0 Å². The molecule has 1 amide bonds. The van der Waals surface area contributed by atoms with E-state index >= 15 is 0 Å². The third-order valence-electron chi connectivity index (χ3n) is 4.78. The zero-order valence-corrected chi connectivity index (χ0v) is 17.2. The molecular weight excluding hydrogens is 380 g/mol. The largest absolute Gasteiger partial charge is 0.319 e. The number of hydrogen-bond donors (Lipinski definition) is 1. The lowest BCUT2D eigenvalue weighted by Crippen LogP contribution is -2.21. The first-order valence-electron chi connectivity index (χ1n) is 9.56. The van der Waals surface area contributed by atoms with Crippen molar-refractivity contribution >= 4 is 45.2 Å². The number of rotatable bonds is 6. The quantitative estimate of drug-likeness (QED) is 0.285. The maximum absolute atomic E-state index is 12.3. The monoisotopic (exact) mass is 402 g/mol. The van der Waals surface area contributed by atoms with Crippen molar-refractivity contribution in [2.45, 2.75) is 25.5 Å². The zero-order valence-electron chi connectivity index (χ0n) is 16.4. The van der Waals surface area contributed by atoms with Crippen LogP contribution in [0.4, 0.5) is 0 Å². The topological polar surface area (TPSA) is 59.3 Å². The van der Waals surface area contributed by atoms with Crippen molar-refractivity contribution in [3.8, 4) is 0 Å². The number of nitrogens with zero attached hydrogens (tertiary/aromatic N) is 3. The Kier molecular flexibility index (Phi) is 5.62. The Morgan fingerprint density at radius 2 is 1.83 bits per heavy atom. The van der Waals surface area contributed by atoms with Crippen LogP contribution < -0.4 is 5.43 Å². The Bertz CT molecular complexity index is 1210. The van der Waals surface area contributed by atoms with E-state index in [1.54, 1.807) is 0 Å². The number of carbonyl (C=O) groups is 1. The Morgan fingerprint density at radius 1 is 1.07 bits per heavy atom. The minimum absolute atomic E-state index is 0.148. The number of aromatic nitrogens is 2. The molecule has 0 aliphatic rings. The minimum atomic E-state index is -0.148. The highest BCUT2D eigenvalue weighted by Gasteiger charge is 2.11. The number of hydrogen-bond acceptors (Lipinski definition) is 4. The lowest BCUT2D eigenvalue weighted by atomic mass is 10.0. The van der Waals surface area contributed by atoms with E-state index in [1.807, 2.05) is 49.4 Å². The summed E-state index contributed by atoms with van der Waals surface area (Å²) in [4.78, 5) is 16.9. The summed E-state index contributed by atoms with van der Waals surface area (Å²) >= 11 is 1.43. The molecule has 0 aliphatic carbocycles. The molecule has 1 aromatic heterocycles. The van der Waals surface area contributed by atoms with Gasteiger partial charge in [-0.15, -0.1) is 0 Å². The number of benzene rings is 3. The SMILES string of the molecule is CCn1c(SCC(=O)N/N=C(\C)c2ccc3ccccc3c2)nc2ccccc21. The van der Waals surface area contributed by atoms with Crippen LogP contribution in [-0.2, 0) is 11.3 Å². The molecule has 0 bridgehead atoms. The standard InChI is InChI=1S/C23H22N4OS/c1-3-27-21-11-7-6-10-20(21)24-23(27)29-15-22(28)26-25-16(2)18-13-12-17-8-4-5-9-19(17)14-18/h4-14H,3,15H2,1-2H3,(H,26,28)/b25-16+. The fourth-order valence-corrected chi connectivity index (χ4v) is 4.13. The smallest absolute Gasteiger partial charge is 0.250 e. The van der Waals surface area contributed by atoms with Crippen LogP contribution in [0.2, 0.25) is 0 Å². The number of imidazole rings is 1. The van der Waals surface area contributed by atoms with E-state index in [0.29, 0.717) is 0 Å². The molecule has 1 N–H and O–H groups in total. The van der Waals surface area contributed by atoms with Gasteiger partial charge in [0.1, 0.15) is 0 Å². The van der Waals surface area contributed by atoms with Crippen LogP contribution in [-0.4, -0.2) is 26.9 Å². The van der Waals surface area contributed by atoms with Gasteiger partial charge in [0.25, 0.3) is 5.91 Å². The summed E-state index contributed by atoms with van der Waals surface area (Å²) in [5, 5.41) is 7.46. The second kappa shape index (κ2) is 8.49. The van der Waals surface area contributed by atoms with Gasteiger partial charge in [0, 0.05) is 6.54 Å². The van der Waals surface area contributed by atoms with Gasteiger partial charge in [-0.25, -0.2) is 10.4 Å². The van der Waals surface area contributed by atoms with Crippen molar-refractivity contribution in [1.82, 2.24) is 15.0 Å². The lowest BCUT2D eigenvalue weighted by Gasteiger charge is -2.06.